The van der Waals surface area contributed by atoms with Crippen LogP contribution in [0, 0.1) is 0 Å². The van der Waals surface area contributed by atoms with Crippen molar-refractivity contribution in [1.82, 2.24) is 0 Å². The third kappa shape index (κ3) is 3.38. The van der Waals surface area contributed by atoms with Gasteiger partial charge in [-0.15, -0.1) is 0 Å². The van der Waals surface area contributed by atoms with Gasteiger partial charge in [-0.2, -0.15) is 0 Å². The van der Waals surface area contributed by atoms with Crippen LogP contribution < -0.4 is 11.1 Å². The first-order chi connectivity index (χ1) is 9.88. The Labute approximate surface area is 127 Å². The van der Waals surface area contributed by atoms with E-state index >= 15 is 0 Å². The molecule has 21 heavy (non-hydrogen) atoms. The Bertz CT molecular complexity index is 689. The summed E-state index contributed by atoms with van der Waals surface area (Å²) >= 11 is 6.08. The van der Waals surface area contributed by atoms with E-state index in [1.807, 2.05) is 6.92 Å². The maximum absolute atomic E-state index is 11.2. The Morgan fingerprint density at radius 3 is 2.57 bits per heavy atom. The maximum atomic E-state index is 11.2. The second-order valence-corrected chi connectivity index (χ2v) is 5.08. The molecule has 0 aromatic heterocycles. The molecule has 6 heteroatoms. The van der Waals surface area contributed by atoms with Crippen molar-refractivity contribution in [3.8, 4) is 11.5 Å². The lowest BCUT2D eigenvalue weighted by atomic mass is 10.1. The molecule has 2 aromatic carbocycles. The van der Waals surface area contributed by atoms with Crippen LogP contribution in [0.15, 0.2) is 36.4 Å². The van der Waals surface area contributed by atoms with Crippen LogP contribution in [0.5, 0.6) is 11.5 Å². The molecule has 0 radical (unpaired) electrons. The molecular formula is C15H15ClN2O3. The Hall–Kier alpha value is -2.40. The van der Waals surface area contributed by atoms with Gasteiger partial charge in [-0.1, -0.05) is 11.6 Å². The number of phenols is 2. The third-order valence-corrected chi connectivity index (χ3v) is 3.43. The summed E-state index contributed by atoms with van der Waals surface area (Å²) in [4.78, 5) is 11.2. The normalized spacial score (nSPS) is 11.9. The molecular weight excluding hydrogens is 292 g/mol. The van der Waals surface area contributed by atoms with Gasteiger partial charge in [0.05, 0.1) is 16.8 Å². The van der Waals surface area contributed by atoms with Gasteiger partial charge in [0, 0.05) is 17.2 Å². The van der Waals surface area contributed by atoms with E-state index in [0.717, 1.165) is 0 Å². The SMILES string of the molecule is CC(Nc1cc(C(N)=O)ccc1Cl)c1ccc(O)cc1O. The van der Waals surface area contributed by atoms with Gasteiger partial charge in [0.1, 0.15) is 11.5 Å². The lowest BCUT2D eigenvalue weighted by molar-refractivity contribution is 0.100. The lowest BCUT2D eigenvalue weighted by Gasteiger charge is -2.18. The number of phenolic OH excluding ortho intramolecular Hbond substituents is 2. The van der Waals surface area contributed by atoms with Gasteiger partial charge in [0.2, 0.25) is 5.91 Å². The number of carbonyl (C=O) groups is 1. The molecule has 0 spiro atoms. The first kappa shape index (κ1) is 15.0. The summed E-state index contributed by atoms with van der Waals surface area (Å²) in [7, 11) is 0. The van der Waals surface area contributed by atoms with Crippen molar-refractivity contribution in [2.45, 2.75) is 13.0 Å². The van der Waals surface area contributed by atoms with Gasteiger partial charge in [-0.3, -0.25) is 4.79 Å². The number of halogens is 1. The summed E-state index contributed by atoms with van der Waals surface area (Å²) < 4.78 is 0. The van der Waals surface area contributed by atoms with Crippen LogP contribution in [0.4, 0.5) is 5.69 Å². The number of primary amides is 1. The molecule has 1 atom stereocenters. The van der Waals surface area contributed by atoms with E-state index in [2.05, 4.69) is 5.32 Å². The highest BCUT2D eigenvalue weighted by Gasteiger charge is 2.13. The first-order valence-electron chi connectivity index (χ1n) is 6.26. The van der Waals surface area contributed by atoms with Gasteiger partial charge in [-0.05, 0) is 37.3 Å². The Balaban J connectivity index is 2.28. The number of rotatable bonds is 4. The number of nitrogens with two attached hydrogens (primary N) is 1. The minimum absolute atomic E-state index is 0.0165. The first-order valence-corrected chi connectivity index (χ1v) is 6.64. The molecule has 1 unspecified atom stereocenters. The number of benzene rings is 2. The zero-order valence-corrected chi connectivity index (χ0v) is 12.1. The zero-order valence-electron chi connectivity index (χ0n) is 11.3. The highest BCUT2D eigenvalue weighted by molar-refractivity contribution is 6.33. The van der Waals surface area contributed by atoms with Crippen LogP contribution in [-0.4, -0.2) is 16.1 Å². The predicted molar refractivity (Wildman–Crippen MR) is 81.8 cm³/mol. The number of hydrogen-bond acceptors (Lipinski definition) is 4. The largest absolute Gasteiger partial charge is 0.508 e. The van der Waals surface area contributed by atoms with E-state index in [1.165, 1.54) is 12.1 Å². The lowest BCUT2D eigenvalue weighted by Crippen LogP contribution is -2.12. The second kappa shape index (κ2) is 5.93. The average molecular weight is 307 g/mol. The third-order valence-electron chi connectivity index (χ3n) is 3.10. The number of anilines is 1. The van der Waals surface area contributed by atoms with E-state index in [4.69, 9.17) is 17.3 Å². The Morgan fingerprint density at radius 1 is 1.24 bits per heavy atom. The molecule has 0 fully saturated rings. The second-order valence-electron chi connectivity index (χ2n) is 4.67. The summed E-state index contributed by atoms with van der Waals surface area (Å²) in [6.45, 7) is 1.82. The van der Waals surface area contributed by atoms with E-state index in [0.29, 0.717) is 21.8 Å². The minimum atomic E-state index is -0.546. The molecule has 0 heterocycles. The van der Waals surface area contributed by atoms with Crippen LogP contribution in [0.1, 0.15) is 28.9 Å². The van der Waals surface area contributed by atoms with Crippen LogP contribution >= 0.6 is 11.6 Å². The Morgan fingerprint density at radius 2 is 1.95 bits per heavy atom. The monoisotopic (exact) mass is 306 g/mol. The Kier molecular flexibility index (Phi) is 4.23. The highest BCUT2D eigenvalue weighted by atomic mass is 35.5. The van der Waals surface area contributed by atoms with Crippen molar-refractivity contribution in [2.75, 3.05) is 5.32 Å². The highest BCUT2D eigenvalue weighted by Crippen LogP contribution is 2.32. The van der Waals surface area contributed by atoms with Crippen molar-refractivity contribution in [2.24, 2.45) is 5.73 Å². The van der Waals surface area contributed by atoms with Crippen molar-refractivity contribution in [3.05, 3.63) is 52.5 Å². The minimum Gasteiger partial charge on any atom is -0.508 e. The fourth-order valence-electron chi connectivity index (χ4n) is 2.00. The molecule has 5 N–H and O–H groups in total. The predicted octanol–water partition coefficient (Wildman–Crippen LogP) is 3.02. The van der Waals surface area contributed by atoms with Crippen LogP contribution in [-0.2, 0) is 0 Å². The molecule has 5 nitrogen and oxygen atoms in total. The average Bonchev–Trinajstić information content (AvgIpc) is 2.40. The maximum Gasteiger partial charge on any atom is 0.248 e. The summed E-state index contributed by atoms with van der Waals surface area (Å²) in [5.74, 6) is -0.593. The zero-order chi connectivity index (χ0) is 15.6. The number of hydrogen-bond donors (Lipinski definition) is 4. The summed E-state index contributed by atoms with van der Waals surface area (Å²) in [6.07, 6.45) is 0. The smallest absolute Gasteiger partial charge is 0.248 e. The van der Waals surface area contributed by atoms with Gasteiger partial charge >= 0.3 is 0 Å². The molecule has 0 aliphatic carbocycles. The van der Waals surface area contributed by atoms with E-state index in [9.17, 15) is 15.0 Å². The van der Waals surface area contributed by atoms with E-state index in [1.54, 1.807) is 24.3 Å². The fourth-order valence-corrected chi connectivity index (χ4v) is 2.17. The van der Waals surface area contributed by atoms with Gasteiger partial charge in [0.15, 0.2) is 0 Å². The molecule has 0 bridgehead atoms. The number of amides is 1. The van der Waals surface area contributed by atoms with Crippen LogP contribution in [0.2, 0.25) is 5.02 Å². The standard InChI is InChI=1S/C15H15ClN2O3/c1-8(11-4-3-10(19)7-14(11)20)18-13-6-9(15(17)21)2-5-12(13)16/h2-8,18-20H,1H3,(H2,17,21). The molecule has 0 aliphatic heterocycles. The number of carbonyl (C=O) groups excluding carboxylic acids is 1. The number of nitrogens with one attached hydrogen (secondary N) is 1. The molecule has 0 saturated carbocycles. The van der Waals surface area contributed by atoms with E-state index < -0.39 is 5.91 Å². The van der Waals surface area contributed by atoms with Crippen LogP contribution in [0.3, 0.4) is 0 Å². The summed E-state index contributed by atoms with van der Waals surface area (Å²) in [5, 5.41) is 22.7. The van der Waals surface area contributed by atoms with Gasteiger partial charge < -0.3 is 21.3 Å². The topological polar surface area (TPSA) is 95.6 Å². The molecule has 2 aromatic rings. The number of aromatic hydroxyl groups is 2. The van der Waals surface area contributed by atoms with Crippen molar-refractivity contribution in [1.29, 1.82) is 0 Å². The van der Waals surface area contributed by atoms with Crippen molar-refractivity contribution in [3.63, 3.8) is 0 Å². The fraction of sp³-hybridized carbons (Fsp3) is 0.133. The van der Waals surface area contributed by atoms with E-state index in [-0.39, 0.29) is 17.5 Å². The van der Waals surface area contributed by atoms with Gasteiger partial charge in [0.25, 0.3) is 0 Å². The summed E-state index contributed by atoms with van der Waals surface area (Å²) in [5.41, 5.74) is 6.70. The molecule has 110 valence electrons. The molecule has 1 amide bonds. The molecule has 0 aliphatic rings. The van der Waals surface area contributed by atoms with Gasteiger partial charge in [-0.25, -0.2) is 0 Å². The quantitative estimate of drug-likeness (QED) is 0.698. The molecule has 2 rings (SSSR count). The molecule has 0 saturated heterocycles. The van der Waals surface area contributed by atoms with Crippen molar-refractivity contribution < 1.29 is 15.0 Å². The summed E-state index contributed by atoms with van der Waals surface area (Å²) in [6, 6.07) is 8.73. The van der Waals surface area contributed by atoms with Crippen LogP contribution in [0.25, 0.3) is 0 Å². The van der Waals surface area contributed by atoms with Crippen molar-refractivity contribution >= 4 is 23.2 Å².